The number of nitrogens with zero attached hydrogens (tertiary/aromatic N) is 4. The normalized spacial score (nSPS) is 11.1. The summed E-state index contributed by atoms with van der Waals surface area (Å²) in [5.74, 6) is -0.424. The molecule has 4 aromatic rings. The zero-order valence-corrected chi connectivity index (χ0v) is 20.5. The monoisotopic (exact) mass is 493 g/mol. The number of benzene rings is 2. The van der Waals surface area contributed by atoms with Gasteiger partial charge in [0.2, 0.25) is 5.91 Å². The van der Waals surface area contributed by atoms with Crippen LogP contribution in [0.1, 0.15) is 11.1 Å². The molecule has 9 nitrogen and oxygen atoms in total. The number of hydrogen-bond donors (Lipinski definition) is 1. The van der Waals surface area contributed by atoms with Crippen molar-refractivity contribution in [2.24, 2.45) is 0 Å². The number of thioether (sulfide) groups is 1. The van der Waals surface area contributed by atoms with E-state index < -0.39 is 17.2 Å². The van der Waals surface area contributed by atoms with Gasteiger partial charge in [-0.2, -0.15) is 0 Å². The molecule has 0 spiro atoms. The van der Waals surface area contributed by atoms with E-state index in [0.717, 1.165) is 20.6 Å². The van der Waals surface area contributed by atoms with Gasteiger partial charge >= 0.3 is 5.69 Å². The minimum atomic E-state index is -0.581. The van der Waals surface area contributed by atoms with Crippen LogP contribution >= 0.6 is 11.8 Å². The molecule has 0 unspecified atom stereocenters. The lowest BCUT2D eigenvalue weighted by molar-refractivity contribution is -0.121. The van der Waals surface area contributed by atoms with Crippen LogP contribution in [-0.4, -0.2) is 44.6 Å². The quantitative estimate of drug-likeness (QED) is 0.340. The molecule has 35 heavy (non-hydrogen) atoms. The first-order valence-corrected chi connectivity index (χ1v) is 12.3. The van der Waals surface area contributed by atoms with Crippen molar-refractivity contribution in [3.8, 4) is 0 Å². The SMILES string of the molecule is COCCn1cnc2c1c(=O)n(CC(=O)NCc1ccc(SC)cc1)c(=O)n2Cc1ccccc1. The summed E-state index contributed by atoms with van der Waals surface area (Å²) < 4.78 is 9.21. The highest BCUT2D eigenvalue weighted by atomic mass is 32.2. The molecule has 0 aliphatic carbocycles. The highest BCUT2D eigenvalue weighted by Crippen LogP contribution is 2.14. The molecule has 0 fully saturated rings. The van der Waals surface area contributed by atoms with E-state index in [0.29, 0.717) is 19.7 Å². The second kappa shape index (κ2) is 11.2. The van der Waals surface area contributed by atoms with Crippen molar-refractivity contribution in [1.29, 1.82) is 0 Å². The molecule has 1 N–H and O–H groups in total. The lowest BCUT2D eigenvalue weighted by Gasteiger charge is -2.13. The standard InChI is InChI=1S/C25H27N5O4S/c1-34-13-12-28-17-27-23-22(28)24(32)30(25(33)29(23)15-19-6-4-3-5-7-19)16-21(31)26-14-18-8-10-20(35-2)11-9-18/h3-11,17H,12-16H2,1-2H3,(H,26,31). The van der Waals surface area contributed by atoms with E-state index in [1.807, 2.05) is 60.9 Å². The fourth-order valence-electron chi connectivity index (χ4n) is 3.79. The van der Waals surface area contributed by atoms with Gasteiger partial charge in [-0.1, -0.05) is 42.5 Å². The molecular weight excluding hydrogens is 466 g/mol. The molecule has 0 saturated heterocycles. The molecule has 182 valence electrons. The Morgan fingerprint density at radius 1 is 1.03 bits per heavy atom. The Balaban J connectivity index is 1.66. The second-order valence-electron chi connectivity index (χ2n) is 7.97. The molecule has 10 heteroatoms. The summed E-state index contributed by atoms with van der Waals surface area (Å²) in [6.07, 6.45) is 3.52. The third-order valence-electron chi connectivity index (χ3n) is 5.65. The molecular formula is C25H27N5O4S. The topological polar surface area (TPSA) is 100 Å². The Bertz CT molecular complexity index is 1420. The average Bonchev–Trinajstić information content (AvgIpc) is 3.31. The minimum absolute atomic E-state index is 0.223. The highest BCUT2D eigenvalue weighted by Gasteiger charge is 2.20. The number of imidazole rings is 1. The molecule has 0 bridgehead atoms. The minimum Gasteiger partial charge on any atom is -0.383 e. The van der Waals surface area contributed by atoms with Crippen molar-refractivity contribution in [3.05, 3.63) is 92.9 Å². The van der Waals surface area contributed by atoms with Gasteiger partial charge in [-0.25, -0.2) is 14.3 Å². The van der Waals surface area contributed by atoms with Crippen LogP contribution in [0.5, 0.6) is 0 Å². The van der Waals surface area contributed by atoms with Crippen LogP contribution in [0.25, 0.3) is 11.2 Å². The van der Waals surface area contributed by atoms with Crippen molar-refractivity contribution in [3.63, 3.8) is 0 Å². The molecule has 0 aliphatic rings. The van der Waals surface area contributed by atoms with Gasteiger partial charge in [-0.3, -0.25) is 14.2 Å². The van der Waals surface area contributed by atoms with Crippen molar-refractivity contribution >= 4 is 28.8 Å². The number of amides is 1. The number of ether oxygens (including phenoxy) is 1. The van der Waals surface area contributed by atoms with Gasteiger partial charge < -0.3 is 14.6 Å². The van der Waals surface area contributed by atoms with E-state index in [1.165, 1.54) is 10.9 Å². The Labute approximate surface area is 206 Å². The summed E-state index contributed by atoms with van der Waals surface area (Å²) in [4.78, 5) is 45.0. The lowest BCUT2D eigenvalue weighted by atomic mass is 10.2. The van der Waals surface area contributed by atoms with Crippen LogP contribution in [0.2, 0.25) is 0 Å². The van der Waals surface area contributed by atoms with E-state index in [2.05, 4.69) is 10.3 Å². The molecule has 4 rings (SSSR count). The largest absolute Gasteiger partial charge is 0.383 e. The summed E-state index contributed by atoms with van der Waals surface area (Å²) in [5, 5.41) is 2.80. The zero-order chi connectivity index (χ0) is 24.8. The predicted octanol–water partition coefficient (Wildman–Crippen LogP) is 2.09. The molecule has 2 aromatic carbocycles. The van der Waals surface area contributed by atoms with Crippen molar-refractivity contribution in [1.82, 2.24) is 24.0 Å². The van der Waals surface area contributed by atoms with Gasteiger partial charge in [0.25, 0.3) is 5.56 Å². The predicted molar refractivity (Wildman–Crippen MR) is 136 cm³/mol. The highest BCUT2D eigenvalue weighted by molar-refractivity contribution is 7.98. The summed E-state index contributed by atoms with van der Waals surface area (Å²) in [7, 11) is 1.57. The summed E-state index contributed by atoms with van der Waals surface area (Å²) in [6.45, 7) is 0.902. The van der Waals surface area contributed by atoms with E-state index in [-0.39, 0.29) is 24.3 Å². The number of nitrogens with one attached hydrogen (secondary N) is 1. The van der Waals surface area contributed by atoms with Gasteiger partial charge in [0.1, 0.15) is 6.54 Å². The lowest BCUT2D eigenvalue weighted by Crippen LogP contribution is -2.44. The fraction of sp³-hybridized carbons (Fsp3) is 0.280. The fourth-order valence-corrected chi connectivity index (χ4v) is 4.20. The first-order valence-electron chi connectivity index (χ1n) is 11.1. The van der Waals surface area contributed by atoms with Gasteiger partial charge in [-0.15, -0.1) is 11.8 Å². The van der Waals surface area contributed by atoms with Crippen molar-refractivity contribution in [2.75, 3.05) is 20.0 Å². The summed E-state index contributed by atoms with van der Waals surface area (Å²) >= 11 is 1.64. The Kier molecular flexibility index (Phi) is 7.84. The molecule has 2 aromatic heterocycles. The number of fused-ring (bicyclic) bond motifs is 1. The Hall–Kier alpha value is -3.63. The number of methoxy groups -OCH3 is 1. The van der Waals surface area contributed by atoms with Crippen molar-refractivity contribution in [2.45, 2.75) is 31.1 Å². The van der Waals surface area contributed by atoms with Crippen molar-refractivity contribution < 1.29 is 9.53 Å². The summed E-state index contributed by atoms with van der Waals surface area (Å²) in [5.41, 5.74) is 1.22. The third-order valence-corrected chi connectivity index (χ3v) is 6.40. The first kappa shape index (κ1) is 24.5. The molecule has 2 heterocycles. The first-order chi connectivity index (χ1) is 17.0. The van der Waals surface area contributed by atoms with Gasteiger partial charge in [0.05, 0.1) is 19.5 Å². The average molecular weight is 494 g/mol. The summed E-state index contributed by atoms with van der Waals surface area (Å²) in [6, 6.07) is 17.3. The number of carbonyl (C=O) groups is 1. The maximum atomic E-state index is 13.4. The molecule has 1 amide bonds. The van der Waals surface area contributed by atoms with E-state index in [4.69, 9.17) is 4.74 Å². The third kappa shape index (κ3) is 5.55. The van der Waals surface area contributed by atoms with Crippen LogP contribution in [0.4, 0.5) is 0 Å². The molecule has 0 radical (unpaired) electrons. The van der Waals surface area contributed by atoms with Gasteiger partial charge in [0.15, 0.2) is 11.2 Å². The van der Waals surface area contributed by atoms with Crippen LogP contribution < -0.4 is 16.6 Å². The second-order valence-corrected chi connectivity index (χ2v) is 8.85. The van der Waals surface area contributed by atoms with Gasteiger partial charge in [-0.05, 0) is 29.5 Å². The number of hydrogen-bond acceptors (Lipinski definition) is 6. The van der Waals surface area contributed by atoms with Gasteiger partial charge in [0, 0.05) is 25.1 Å². The molecule has 0 saturated carbocycles. The van der Waals surface area contributed by atoms with E-state index in [1.54, 1.807) is 23.4 Å². The van der Waals surface area contributed by atoms with Crippen LogP contribution in [0, 0.1) is 0 Å². The zero-order valence-electron chi connectivity index (χ0n) is 19.6. The number of aromatic nitrogens is 4. The van der Waals surface area contributed by atoms with E-state index >= 15 is 0 Å². The Morgan fingerprint density at radius 2 is 1.77 bits per heavy atom. The maximum Gasteiger partial charge on any atom is 0.333 e. The Morgan fingerprint density at radius 3 is 2.46 bits per heavy atom. The number of carbonyl (C=O) groups excluding carboxylic acids is 1. The smallest absolute Gasteiger partial charge is 0.333 e. The van der Waals surface area contributed by atoms with Crippen LogP contribution in [-0.2, 0) is 35.7 Å². The van der Waals surface area contributed by atoms with Crippen LogP contribution in [0.3, 0.4) is 0 Å². The maximum absolute atomic E-state index is 13.4. The molecule has 0 aliphatic heterocycles. The number of rotatable bonds is 10. The van der Waals surface area contributed by atoms with E-state index in [9.17, 15) is 14.4 Å². The van der Waals surface area contributed by atoms with Crippen LogP contribution in [0.15, 0.2) is 75.4 Å². The molecule has 0 atom stereocenters.